The first-order valence-corrected chi connectivity index (χ1v) is 12.0. The number of thioether (sulfide) groups is 1. The van der Waals surface area contributed by atoms with E-state index in [1.54, 1.807) is 0 Å². The monoisotopic (exact) mass is 551 g/mol. The summed E-state index contributed by atoms with van der Waals surface area (Å²) in [5, 5.41) is 18.4. The number of hydrogen-bond acceptors (Lipinski definition) is 5. The molecule has 172 valence electrons. The Morgan fingerprint density at radius 1 is 1.33 bits per heavy atom. The van der Waals surface area contributed by atoms with Gasteiger partial charge in [-0.15, -0.1) is 34.2 Å². The van der Waals surface area contributed by atoms with Crippen LogP contribution in [0.5, 0.6) is 0 Å². The van der Waals surface area contributed by atoms with Crippen LogP contribution in [0.1, 0.15) is 57.6 Å². The number of guanidine groups is 1. The number of nitrogens with zero attached hydrogens (tertiary/aromatic N) is 4. The average Bonchev–Trinajstić information content (AvgIpc) is 3.01. The van der Waals surface area contributed by atoms with E-state index >= 15 is 0 Å². The topological polar surface area (TPSA) is 96.2 Å². The van der Waals surface area contributed by atoms with Crippen molar-refractivity contribution in [1.29, 1.82) is 0 Å². The van der Waals surface area contributed by atoms with Crippen LogP contribution in [0.15, 0.2) is 4.99 Å². The molecule has 1 fully saturated rings. The highest BCUT2D eigenvalue weighted by Crippen LogP contribution is 2.24. The van der Waals surface area contributed by atoms with E-state index in [1.165, 1.54) is 0 Å². The lowest BCUT2D eigenvalue weighted by molar-refractivity contribution is -0.126. The van der Waals surface area contributed by atoms with Crippen LogP contribution in [0.2, 0.25) is 0 Å². The van der Waals surface area contributed by atoms with Gasteiger partial charge in [-0.25, -0.2) is 4.99 Å². The van der Waals surface area contributed by atoms with E-state index in [-0.39, 0.29) is 47.9 Å². The highest BCUT2D eigenvalue weighted by molar-refractivity contribution is 14.0. The molecule has 0 radical (unpaired) electrons. The summed E-state index contributed by atoms with van der Waals surface area (Å²) in [6, 6.07) is 0.431. The number of carbonyl (C=O) groups excluding carboxylic acids is 1. The van der Waals surface area contributed by atoms with Gasteiger partial charge < -0.3 is 20.5 Å². The molecule has 1 aromatic rings. The smallest absolute Gasteiger partial charge is 0.223 e. The van der Waals surface area contributed by atoms with Crippen molar-refractivity contribution in [3.05, 3.63) is 11.6 Å². The lowest BCUT2D eigenvalue weighted by Crippen LogP contribution is -2.47. The molecule has 3 N–H and O–H groups in total. The van der Waals surface area contributed by atoms with Crippen LogP contribution in [0.3, 0.4) is 0 Å². The number of aryl methyl sites for hydroxylation is 1. The van der Waals surface area contributed by atoms with Crippen molar-refractivity contribution in [2.24, 2.45) is 18.0 Å². The van der Waals surface area contributed by atoms with Crippen LogP contribution >= 0.6 is 35.7 Å². The van der Waals surface area contributed by atoms with E-state index in [1.807, 2.05) is 44.1 Å². The van der Waals surface area contributed by atoms with Crippen LogP contribution in [0.25, 0.3) is 0 Å². The van der Waals surface area contributed by atoms with Gasteiger partial charge in [-0.2, -0.15) is 11.8 Å². The second-order valence-electron chi connectivity index (χ2n) is 8.03. The Kier molecular flexibility index (Phi) is 12.7. The number of rotatable bonds is 9. The average molecular weight is 552 g/mol. The first-order chi connectivity index (χ1) is 13.9. The van der Waals surface area contributed by atoms with Crippen molar-refractivity contribution < 1.29 is 4.79 Å². The molecule has 1 aliphatic carbocycles. The molecule has 8 nitrogen and oxygen atoms in total. The molecule has 1 aromatic heterocycles. The number of aliphatic imine (C=N–C) groups is 1. The van der Waals surface area contributed by atoms with Crippen molar-refractivity contribution in [3.8, 4) is 0 Å². The Bertz CT molecular complexity index is 680. The minimum Gasteiger partial charge on any atom is -0.356 e. The van der Waals surface area contributed by atoms with Gasteiger partial charge in [-0.05, 0) is 58.5 Å². The highest BCUT2D eigenvalue weighted by Gasteiger charge is 2.28. The fourth-order valence-electron chi connectivity index (χ4n) is 3.47. The van der Waals surface area contributed by atoms with Crippen LogP contribution in [-0.2, 0) is 18.4 Å². The molecule has 0 bridgehead atoms. The Morgan fingerprint density at radius 2 is 2.10 bits per heavy atom. The summed E-state index contributed by atoms with van der Waals surface area (Å²) in [5.41, 5.74) is 0. The SMILES string of the molecule is CSCCCNC(=NCc1nnc(C)n1C)NC1CCCC(C(=O)NC(C)C)C1.I. The summed E-state index contributed by atoms with van der Waals surface area (Å²) < 4.78 is 1.96. The van der Waals surface area contributed by atoms with Crippen molar-refractivity contribution in [3.63, 3.8) is 0 Å². The number of hydrogen-bond donors (Lipinski definition) is 3. The minimum absolute atomic E-state index is 0. The van der Waals surface area contributed by atoms with E-state index in [9.17, 15) is 4.79 Å². The van der Waals surface area contributed by atoms with Gasteiger partial charge in [0.15, 0.2) is 11.8 Å². The Labute approximate surface area is 202 Å². The molecule has 2 unspecified atom stereocenters. The summed E-state index contributed by atoms with van der Waals surface area (Å²) in [7, 11) is 1.96. The van der Waals surface area contributed by atoms with Crippen molar-refractivity contribution in [1.82, 2.24) is 30.7 Å². The molecule has 1 aliphatic rings. The molecule has 1 amide bonds. The van der Waals surface area contributed by atoms with Crippen molar-refractivity contribution >= 4 is 47.6 Å². The molecule has 1 saturated carbocycles. The fourth-order valence-corrected chi connectivity index (χ4v) is 3.90. The van der Waals surface area contributed by atoms with Crippen LogP contribution in [0.4, 0.5) is 0 Å². The Balaban J connectivity index is 0.00000450. The maximum atomic E-state index is 12.4. The van der Waals surface area contributed by atoms with Gasteiger partial charge in [-0.1, -0.05) is 6.42 Å². The third kappa shape index (κ3) is 8.99. The first kappa shape index (κ1) is 27.0. The standard InChI is InChI=1S/C20H37N7OS.HI/c1-14(2)23-19(28)16-8-6-9-17(12-16)24-20(21-10-7-11-29-5)22-13-18-26-25-15(3)27(18)4;/h14,16-17H,6-13H2,1-5H3,(H,23,28)(H2,21,22,24);1H. The Morgan fingerprint density at radius 3 is 2.73 bits per heavy atom. The number of carbonyl (C=O) groups is 1. The molecule has 0 aliphatic heterocycles. The van der Waals surface area contributed by atoms with Gasteiger partial charge >= 0.3 is 0 Å². The molecule has 1 heterocycles. The maximum absolute atomic E-state index is 12.4. The molecule has 2 rings (SSSR count). The summed E-state index contributed by atoms with van der Waals surface area (Å²) in [4.78, 5) is 17.2. The number of aromatic nitrogens is 3. The van der Waals surface area contributed by atoms with Crippen LogP contribution in [0, 0.1) is 12.8 Å². The largest absolute Gasteiger partial charge is 0.356 e. The number of nitrogens with one attached hydrogen (secondary N) is 3. The third-order valence-electron chi connectivity index (χ3n) is 5.20. The quantitative estimate of drug-likeness (QED) is 0.189. The fraction of sp³-hybridized carbons (Fsp3) is 0.800. The normalized spacial score (nSPS) is 19.3. The summed E-state index contributed by atoms with van der Waals surface area (Å²) in [6.07, 6.45) is 7.11. The molecule has 30 heavy (non-hydrogen) atoms. The third-order valence-corrected chi connectivity index (χ3v) is 5.89. The van der Waals surface area contributed by atoms with Gasteiger partial charge in [-0.3, -0.25) is 4.79 Å². The number of halogens is 1. The van der Waals surface area contributed by atoms with E-state index in [0.717, 1.165) is 62.0 Å². The van der Waals surface area contributed by atoms with Crippen LogP contribution < -0.4 is 16.0 Å². The van der Waals surface area contributed by atoms with E-state index in [0.29, 0.717) is 6.54 Å². The minimum atomic E-state index is 0. The molecule has 0 saturated heterocycles. The van der Waals surface area contributed by atoms with Gasteiger partial charge in [0.1, 0.15) is 12.4 Å². The lowest BCUT2D eigenvalue weighted by Gasteiger charge is -2.30. The maximum Gasteiger partial charge on any atom is 0.223 e. The van der Waals surface area contributed by atoms with E-state index in [2.05, 4.69) is 32.4 Å². The Hall–Kier alpha value is -1.04. The summed E-state index contributed by atoms with van der Waals surface area (Å²) in [6.45, 7) is 7.29. The van der Waals surface area contributed by atoms with Crippen LogP contribution in [-0.4, -0.2) is 57.3 Å². The highest BCUT2D eigenvalue weighted by atomic mass is 127. The molecular weight excluding hydrogens is 513 g/mol. The summed E-state index contributed by atoms with van der Waals surface area (Å²) >= 11 is 1.85. The molecule has 2 atom stereocenters. The lowest BCUT2D eigenvalue weighted by atomic mass is 9.85. The number of amides is 1. The van der Waals surface area contributed by atoms with Crippen molar-refractivity contribution in [2.75, 3.05) is 18.6 Å². The molecule has 0 spiro atoms. The predicted molar refractivity (Wildman–Crippen MR) is 135 cm³/mol. The second-order valence-corrected chi connectivity index (χ2v) is 9.01. The van der Waals surface area contributed by atoms with Crippen molar-refractivity contribution in [2.45, 2.75) is 71.5 Å². The van der Waals surface area contributed by atoms with Gasteiger partial charge in [0, 0.05) is 31.6 Å². The van der Waals surface area contributed by atoms with E-state index in [4.69, 9.17) is 4.99 Å². The zero-order chi connectivity index (χ0) is 21.2. The van der Waals surface area contributed by atoms with Gasteiger partial charge in [0.2, 0.25) is 5.91 Å². The van der Waals surface area contributed by atoms with Gasteiger partial charge in [0.25, 0.3) is 0 Å². The first-order valence-electron chi connectivity index (χ1n) is 10.6. The molecular formula is C20H38IN7OS. The summed E-state index contributed by atoms with van der Waals surface area (Å²) in [5.74, 6) is 3.87. The second kappa shape index (κ2) is 14.1. The van der Waals surface area contributed by atoms with E-state index < -0.39 is 0 Å². The zero-order valence-electron chi connectivity index (χ0n) is 18.9. The van der Waals surface area contributed by atoms with Gasteiger partial charge in [0.05, 0.1) is 0 Å². The predicted octanol–water partition coefficient (Wildman–Crippen LogP) is 2.61. The molecule has 0 aromatic carbocycles. The zero-order valence-corrected chi connectivity index (χ0v) is 22.0. The molecule has 10 heteroatoms.